The van der Waals surface area contributed by atoms with Gasteiger partial charge in [0.15, 0.2) is 0 Å². The third kappa shape index (κ3) is 3.12. The van der Waals surface area contributed by atoms with E-state index in [1.165, 1.54) is 16.5 Å². The predicted octanol–water partition coefficient (Wildman–Crippen LogP) is 2.52. The second-order valence-corrected chi connectivity index (χ2v) is 5.02. The number of aromatic nitrogens is 1. The summed E-state index contributed by atoms with van der Waals surface area (Å²) in [5.74, 6) is 0. The first kappa shape index (κ1) is 13.1. The van der Waals surface area contributed by atoms with E-state index in [9.17, 15) is 0 Å². The van der Waals surface area contributed by atoms with Crippen molar-refractivity contribution in [1.29, 1.82) is 0 Å². The SMILES string of the molecule is CC(C)NCc1ccc2c(ccn2CCCO)c1. The van der Waals surface area contributed by atoms with Gasteiger partial charge in [-0.15, -0.1) is 0 Å². The summed E-state index contributed by atoms with van der Waals surface area (Å²) in [7, 11) is 0. The number of aliphatic hydroxyl groups excluding tert-OH is 1. The van der Waals surface area contributed by atoms with E-state index in [1.54, 1.807) is 0 Å². The summed E-state index contributed by atoms with van der Waals surface area (Å²) in [6, 6.07) is 9.23. The summed E-state index contributed by atoms with van der Waals surface area (Å²) < 4.78 is 2.20. The summed E-state index contributed by atoms with van der Waals surface area (Å²) in [6.45, 7) is 6.35. The topological polar surface area (TPSA) is 37.2 Å². The predicted molar refractivity (Wildman–Crippen MR) is 75.6 cm³/mol. The highest BCUT2D eigenvalue weighted by atomic mass is 16.3. The van der Waals surface area contributed by atoms with Crippen molar-refractivity contribution in [1.82, 2.24) is 9.88 Å². The van der Waals surface area contributed by atoms with Crippen LogP contribution in [0.3, 0.4) is 0 Å². The number of nitrogens with zero attached hydrogens (tertiary/aromatic N) is 1. The molecule has 1 heterocycles. The number of hydrogen-bond acceptors (Lipinski definition) is 2. The molecule has 2 aromatic rings. The molecule has 98 valence electrons. The van der Waals surface area contributed by atoms with Crippen molar-refractivity contribution in [2.24, 2.45) is 0 Å². The molecule has 0 fully saturated rings. The van der Waals surface area contributed by atoms with Crippen molar-refractivity contribution < 1.29 is 5.11 Å². The fourth-order valence-corrected chi connectivity index (χ4v) is 2.12. The van der Waals surface area contributed by atoms with Crippen molar-refractivity contribution in [2.75, 3.05) is 6.61 Å². The van der Waals surface area contributed by atoms with Crippen LogP contribution in [-0.2, 0) is 13.1 Å². The van der Waals surface area contributed by atoms with Crippen LogP contribution in [-0.4, -0.2) is 22.3 Å². The van der Waals surface area contributed by atoms with E-state index in [1.807, 2.05) is 0 Å². The minimum absolute atomic E-state index is 0.246. The van der Waals surface area contributed by atoms with E-state index in [0.717, 1.165) is 19.5 Å². The maximum absolute atomic E-state index is 8.88. The number of fused-ring (bicyclic) bond motifs is 1. The molecule has 1 aromatic heterocycles. The maximum atomic E-state index is 8.88. The third-order valence-corrected chi connectivity index (χ3v) is 3.11. The van der Waals surface area contributed by atoms with E-state index >= 15 is 0 Å². The van der Waals surface area contributed by atoms with Gasteiger partial charge in [0.1, 0.15) is 0 Å². The van der Waals surface area contributed by atoms with Crippen LogP contribution in [0.5, 0.6) is 0 Å². The number of nitrogens with one attached hydrogen (secondary N) is 1. The smallest absolute Gasteiger partial charge is 0.0480 e. The molecule has 0 bridgehead atoms. The Labute approximate surface area is 108 Å². The summed E-state index contributed by atoms with van der Waals surface area (Å²) in [5, 5.41) is 13.6. The number of rotatable bonds is 6. The van der Waals surface area contributed by atoms with Crippen molar-refractivity contribution >= 4 is 10.9 Å². The van der Waals surface area contributed by atoms with Crippen molar-refractivity contribution in [3.63, 3.8) is 0 Å². The van der Waals surface area contributed by atoms with Crippen LogP contribution in [0.15, 0.2) is 30.5 Å². The molecule has 2 rings (SSSR count). The van der Waals surface area contributed by atoms with Gasteiger partial charge in [0.05, 0.1) is 0 Å². The second-order valence-electron chi connectivity index (χ2n) is 5.02. The second kappa shape index (κ2) is 6.03. The fourth-order valence-electron chi connectivity index (χ4n) is 2.12. The Hall–Kier alpha value is -1.32. The lowest BCUT2D eigenvalue weighted by atomic mass is 10.1. The first-order chi connectivity index (χ1) is 8.70. The molecule has 1 aromatic carbocycles. The monoisotopic (exact) mass is 246 g/mol. The van der Waals surface area contributed by atoms with E-state index in [2.05, 4.69) is 54.2 Å². The summed E-state index contributed by atoms with van der Waals surface area (Å²) >= 11 is 0. The van der Waals surface area contributed by atoms with Crippen LogP contribution in [0.4, 0.5) is 0 Å². The zero-order valence-electron chi connectivity index (χ0n) is 11.2. The minimum Gasteiger partial charge on any atom is -0.396 e. The number of hydrogen-bond donors (Lipinski definition) is 2. The van der Waals surface area contributed by atoms with E-state index in [4.69, 9.17) is 5.11 Å². The molecule has 0 aliphatic carbocycles. The van der Waals surface area contributed by atoms with E-state index < -0.39 is 0 Å². The van der Waals surface area contributed by atoms with Gasteiger partial charge in [0, 0.05) is 37.5 Å². The first-order valence-electron chi connectivity index (χ1n) is 6.62. The molecular weight excluding hydrogens is 224 g/mol. The first-order valence-corrected chi connectivity index (χ1v) is 6.62. The Morgan fingerprint density at radius 1 is 1.28 bits per heavy atom. The lowest BCUT2D eigenvalue weighted by molar-refractivity contribution is 0.280. The summed E-state index contributed by atoms with van der Waals surface area (Å²) in [5.41, 5.74) is 2.56. The highest BCUT2D eigenvalue weighted by Gasteiger charge is 2.02. The summed E-state index contributed by atoms with van der Waals surface area (Å²) in [4.78, 5) is 0. The van der Waals surface area contributed by atoms with Gasteiger partial charge in [-0.05, 0) is 35.6 Å². The van der Waals surface area contributed by atoms with Crippen LogP contribution < -0.4 is 5.32 Å². The Balaban J connectivity index is 2.14. The van der Waals surface area contributed by atoms with Crippen LogP contribution in [0.1, 0.15) is 25.8 Å². The van der Waals surface area contributed by atoms with E-state index in [-0.39, 0.29) is 6.61 Å². The number of aryl methyl sites for hydroxylation is 1. The summed E-state index contributed by atoms with van der Waals surface area (Å²) in [6.07, 6.45) is 2.90. The molecule has 0 spiro atoms. The van der Waals surface area contributed by atoms with Crippen molar-refractivity contribution in [2.45, 2.75) is 39.4 Å². The zero-order valence-corrected chi connectivity index (χ0v) is 11.2. The molecule has 0 atom stereocenters. The molecule has 18 heavy (non-hydrogen) atoms. The average Bonchev–Trinajstić information content (AvgIpc) is 2.76. The Kier molecular flexibility index (Phi) is 4.39. The van der Waals surface area contributed by atoms with Crippen LogP contribution in [0.2, 0.25) is 0 Å². The quantitative estimate of drug-likeness (QED) is 0.822. The van der Waals surface area contributed by atoms with Gasteiger partial charge in [-0.3, -0.25) is 0 Å². The lowest BCUT2D eigenvalue weighted by Gasteiger charge is -2.09. The van der Waals surface area contributed by atoms with Crippen LogP contribution >= 0.6 is 0 Å². The van der Waals surface area contributed by atoms with Gasteiger partial charge in [-0.2, -0.15) is 0 Å². The number of benzene rings is 1. The van der Waals surface area contributed by atoms with Gasteiger partial charge in [0.25, 0.3) is 0 Å². The molecule has 0 amide bonds. The highest BCUT2D eigenvalue weighted by Crippen LogP contribution is 2.18. The highest BCUT2D eigenvalue weighted by molar-refractivity contribution is 5.80. The molecule has 0 saturated carbocycles. The zero-order chi connectivity index (χ0) is 13.0. The van der Waals surface area contributed by atoms with Gasteiger partial charge in [-0.1, -0.05) is 19.9 Å². The molecule has 2 N–H and O–H groups in total. The Morgan fingerprint density at radius 3 is 2.83 bits per heavy atom. The molecule has 0 saturated heterocycles. The van der Waals surface area contributed by atoms with Gasteiger partial charge in [-0.25, -0.2) is 0 Å². The van der Waals surface area contributed by atoms with Gasteiger partial charge < -0.3 is 15.0 Å². The Bertz CT molecular complexity index is 502. The normalized spacial score (nSPS) is 11.6. The standard InChI is InChI=1S/C15H22N2O/c1-12(2)16-11-13-4-5-15-14(10-13)6-8-17(15)7-3-9-18/h4-6,8,10,12,16,18H,3,7,9,11H2,1-2H3. The average molecular weight is 246 g/mol. The van der Waals surface area contributed by atoms with Gasteiger partial charge in [0.2, 0.25) is 0 Å². The lowest BCUT2D eigenvalue weighted by Crippen LogP contribution is -2.21. The molecule has 0 unspecified atom stereocenters. The van der Waals surface area contributed by atoms with Crippen LogP contribution in [0, 0.1) is 0 Å². The van der Waals surface area contributed by atoms with Crippen LogP contribution in [0.25, 0.3) is 10.9 Å². The van der Waals surface area contributed by atoms with Gasteiger partial charge >= 0.3 is 0 Å². The third-order valence-electron chi connectivity index (χ3n) is 3.11. The van der Waals surface area contributed by atoms with Crippen molar-refractivity contribution in [3.8, 4) is 0 Å². The molecular formula is C15H22N2O. The largest absolute Gasteiger partial charge is 0.396 e. The minimum atomic E-state index is 0.246. The molecule has 0 aliphatic rings. The Morgan fingerprint density at radius 2 is 2.11 bits per heavy atom. The molecule has 3 heteroatoms. The molecule has 0 radical (unpaired) electrons. The van der Waals surface area contributed by atoms with E-state index in [0.29, 0.717) is 6.04 Å². The maximum Gasteiger partial charge on any atom is 0.0480 e. The fraction of sp³-hybridized carbons (Fsp3) is 0.467. The molecule has 3 nitrogen and oxygen atoms in total. The van der Waals surface area contributed by atoms with Crippen molar-refractivity contribution in [3.05, 3.63) is 36.0 Å². The molecule has 0 aliphatic heterocycles. The number of aliphatic hydroxyl groups is 1.